The van der Waals surface area contributed by atoms with Crippen LogP contribution in [0, 0.1) is 10.1 Å². The molecule has 0 aliphatic heterocycles. The Kier molecular flexibility index (Phi) is 8.65. The standard InChI is InChI=1S/C25H25N3O8/c1-32-21-10-5-16(11-18(21)15-36-20-8-6-19(7-9-20)28(30)31)14-26-27-25(29)17-12-22(33-2)24(35-4)23(13-17)34-3/h5-14H,15H2,1-4H3,(H,27,29)/b26-14+. The Morgan fingerprint density at radius 2 is 1.56 bits per heavy atom. The van der Waals surface area contributed by atoms with Crippen molar-refractivity contribution in [2.45, 2.75) is 6.61 Å². The Hall–Kier alpha value is -4.80. The normalized spacial score (nSPS) is 10.6. The molecule has 11 nitrogen and oxygen atoms in total. The zero-order valence-electron chi connectivity index (χ0n) is 20.1. The van der Waals surface area contributed by atoms with E-state index in [2.05, 4.69) is 10.5 Å². The predicted molar refractivity (Wildman–Crippen MR) is 132 cm³/mol. The lowest BCUT2D eigenvalue weighted by Crippen LogP contribution is -2.18. The van der Waals surface area contributed by atoms with Gasteiger partial charge in [-0.25, -0.2) is 5.43 Å². The van der Waals surface area contributed by atoms with E-state index in [1.807, 2.05) is 0 Å². The van der Waals surface area contributed by atoms with Crippen LogP contribution in [0.1, 0.15) is 21.5 Å². The first-order valence-corrected chi connectivity index (χ1v) is 10.6. The molecule has 0 aromatic heterocycles. The predicted octanol–water partition coefficient (Wildman–Crippen LogP) is 3.97. The van der Waals surface area contributed by atoms with E-state index < -0.39 is 10.8 Å². The smallest absolute Gasteiger partial charge is 0.271 e. The van der Waals surface area contributed by atoms with E-state index in [9.17, 15) is 14.9 Å². The van der Waals surface area contributed by atoms with E-state index in [0.717, 1.165) is 5.56 Å². The SMILES string of the molecule is COc1ccc(/C=N/NC(=O)c2cc(OC)c(OC)c(OC)c2)cc1COc1ccc([N+](=O)[O-])cc1. The van der Waals surface area contributed by atoms with Crippen LogP contribution in [0.3, 0.4) is 0 Å². The van der Waals surface area contributed by atoms with E-state index in [1.165, 1.54) is 71.1 Å². The van der Waals surface area contributed by atoms with Gasteiger partial charge < -0.3 is 23.7 Å². The number of hydrogen-bond acceptors (Lipinski definition) is 9. The molecule has 3 rings (SSSR count). The van der Waals surface area contributed by atoms with Crippen molar-refractivity contribution in [1.29, 1.82) is 0 Å². The highest BCUT2D eigenvalue weighted by Gasteiger charge is 2.16. The summed E-state index contributed by atoms with van der Waals surface area (Å²) in [6.45, 7) is 0.153. The van der Waals surface area contributed by atoms with Crippen molar-refractivity contribution in [3.8, 4) is 28.7 Å². The molecule has 0 bridgehead atoms. The highest BCUT2D eigenvalue weighted by atomic mass is 16.6. The number of nitrogens with one attached hydrogen (secondary N) is 1. The van der Waals surface area contributed by atoms with E-state index in [-0.39, 0.29) is 17.9 Å². The zero-order valence-corrected chi connectivity index (χ0v) is 20.1. The summed E-state index contributed by atoms with van der Waals surface area (Å²) in [5, 5.41) is 14.8. The number of methoxy groups -OCH3 is 4. The van der Waals surface area contributed by atoms with Gasteiger partial charge in [-0.1, -0.05) is 0 Å². The maximum atomic E-state index is 12.6. The van der Waals surface area contributed by atoms with Gasteiger partial charge in [0.2, 0.25) is 5.75 Å². The van der Waals surface area contributed by atoms with Crippen molar-refractivity contribution in [2.75, 3.05) is 28.4 Å². The summed E-state index contributed by atoms with van der Waals surface area (Å²) in [6.07, 6.45) is 1.48. The van der Waals surface area contributed by atoms with Crippen LogP contribution >= 0.6 is 0 Å². The molecule has 1 amide bonds. The van der Waals surface area contributed by atoms with Crippen molar-refractivity contribution in [3.63, 3.8) is 0 Å². The molecular formula is C25H25N3O8. The molecule has 0 saturated heterocycles. The number of nitro benzene ring substituents is 1. The first kappa shape index (κ1) is 25.8. The molecule has 0 fully saturated rings. The minimum Gasteiger partial charge on any atom is -0.496 e. The number of benzene rings is 3. The summed E-state index contributed by atoms with van der Waals surface area (Å²) in [4.78, 5) is 22.9. The van der Waals surface area contributed by atoms with Crippen LogP contribution in [0.5, 0.6) is 28.7 Å². The summed E-state index contributed by atoms with van der Waals surface area (Å²) < 4.78 is 26.9. The number of amides is 1. The van der Waals surface area contributed by atoms with Crippen LogP contribution in [-0.4, -0.2) is 45.5 Å². The van der Waals surface area contributed by atoms with Crippen LogP contribution in [0.4, 0.5) is 5.69 Å². The molecule has 0 radical (unpaired) electrons. The monoisotopic (exact) mass is 495 g/mol. The quantitative estimate of drug-likeness (QED) is 0.240. The number of carbonyl (C=O) groups is 1. The Morgan fingerprint density at radius 3 is 2.11 bits per heavy atom. The number of nitrogens with zero attached hydrogens (tertiary/aromatic N) is 2. The molecule has 3 aromatic carbocycles. The van der Waals surface area contributed by atoms with Crippen molar-refractivity contribution in [1.82, 2.24) is 5.43 Å². The first-order chi connectivity index (χ1) is 17.4. The van der Waals surface area contributed by atoms with Gasteiger partial charge in [-0.3, -0.25) is 14.9 Å². The third-order valence-corrected chi connectivity index (χ3v) is 5.05. The first-order valence-electron chi connectivity index (χ1n) is 10.6. The Bertz CT molecular complexity index is 1230. The van der Waals surface area contributed by atoms with Gasteiger partial charge in [-0.15, -0.1) is 0 Å². The van der Waals surface area contributed by atoms with Crippen LogP contribution in [-0.2, 0) is 6.61 Å². The molecule has 36 heavy (non-hydrogen) atoms. The summed E-state index contributed by atoms with van der Waals surface area (Å²) in [5.74, 6) is 1.66. The average Bonchev–Trinajstić information content (AvgIpc) is 2.91. The molecule has 0 aliphatic carbocycles. The van der Waals surface area contributed by atoms with Crippen LogP contribution < -0.4 is 29.1 Å². The van der Waals surface area contributed by atoms with Crippen molar-refractivity contribution in [2.24, 2.45) is 5.10 Å². The number of rotatable bonds is 11. The Morgan fingerprint density at radius 1 is 0.917 bits per heavy atom. The van der Waals surface area contributed by atoms with E-state index in [4.69, 9.17) is 23.7 Å². The summed E-state index contributed by atoms with van der Waals surface area (Å²) in [7, 11) is 5.94. The highest BCUT2D eigenvalue weighted by molar-refractivity contribution is 5.96. The third kappa shape index (κ3) is 6.20. The van der Waals surface area contributed by atoms with Gasteiger partial charge in [0.1, 0.15) is 18.1 Å². The summed E-state index contributed by atoms with van der Waals surface area (Å²) >= 11 is 0. The minimum absolute atomic E-state index is 0.0216. The van der Waals surface area contributed by atoms with Gasteiger partial charge in [0.15, 0.2) is 11.5 Å². The summed E-state index contributed by atoms with van der Waals surface area (Å²) in [6, 6.07) is 14.1. The van der Waals surface area contributed by atoms with Crippen molar-refractivity contribution >= 4 is 17.8 Å². The van der Waals surface area contributed by atoms with Crippen LogP contribution in [0.25, 0.3) is 0 Å². The number of hydrazone groups is 1. The maximum Gasteiger partial charge on any atom is 0.271 e. The molecular weight excluding hydrogens is 470 g/mol. The lowest BCUT2D eigenvalue weighted by Gasteiger charge is -2.13. The largest absolute Gasteiger partial charge is 0.496 e. The molecule has 0 heterocycles. The molecule has 11 heteroatoms. The Balaban J connectivity index is 1.70. The zero-order chi connectivity index (χ0) is 26.1. The molecule has 0 spiro atoms. The summed E-state index contributed by atoms with van der Waals surface area (Å²) in [5.41, 5.74) is 4.12. The fraction of sp³-hybridized carbons (Fsp3) is 0.200. The maximum absolute atomic E-state index is 12.6. The Labute approximate surface area is 207 Å². The molecule has 0 unspecified atom stereocenters. The average molecular weight is 495 g/mol. The molecule has 3 aromatic rings. The second-order valence-corrected chi connectivity index (χ2v) is 7.22. The highest BCUT2D eigenvalue weighted by Crippen LogP contribution is 2.38. The van der Waals surface area contributed by atoms with Gasteiger partial charge in [-0.05, 0) is 48.0 Å². The number of hydrogen-bond donors (Lipinski definition) is 1. The number of carbonyl (C=O) groups excluding carboxylic acids is 1. The van der Waals surface area contributed by atoms with E-state index in [1.54, 1.807) is 18.2 Å². The van der Waals surface area contributed by atoms with Crippen LogP contribution in [0.15, 0.2) is 59.7 Å². The fourth-order valence-electron chi connectivity index (χ4n) is 3.26. The molecule has 0 atom stereocenters. The van der Waals surface area contributed by atoms with Crippen molar-refractivity contribution in [3.05, 3.63) is 81.4 Å². The molecule has 188 valence electrons. The van der Waals surface area contributed by atoms with Gasteiger partial charge in [0, 0.05) is 23.3 Å². The number of non-ortho nitro benzene ring substituents is 1. The number of ether oxygens (including phenoxy) is 5. The third-order valence-electron chi connectivity index (χ3n) is 5.05. The minimum atomic E-state index is -0.476. The topological polar surface area (TPSA) is 131 Å². The second-order valence-electron chi connectivity index (χ2n) is 7.22. The lowest BCUT2D eigenvalue weighted by atomic mass is 10.1. The van der Waals surface area contributed by atoms with E-state index in [0.29, 0.717) is 34.3 Å². The van der Waals surface area contributed by atoms with Gasteiger partial charge >= 0.3 is 0 Å². The van der Waals surface area contributed by atoms with E-state index >= 15 is 0 Å². The van der Waals surface area contributed by atoms with Gasteiger partial charge in [0.25, 0.3) is 11.6 Å². The second kappa shape index (κ2) is 12.1. The van der Waals surface area contributed by atoms with Crippen molar-refractivity contribution < 1.29 is 33.4 Å². The molecule has 0 saturated carbocycles. The van der Waals surface area contributed by atoms with Crippen LogP contribution in [0.2, 0.25) is 0 Å². The fourth-order valence-corrected chi connectivity index (χ4v) is 3.26. The number of nitro groups is 1. The van der Waals surface area contributed by atoms with Gasteiger partial charge in [0.05, 0.1) is 39.6 Å². The molecule has 0 aliphatic rings. The molecule has 1 N–H and O–H groups in total. The lowest BCUT2D eigenvalue weighted by molar-refractivity contribution is -0.384. The van der Waals surface area contributed by atoms with Gasteiger partial charge in [-0.2, -0.15) is 5.10 Å².